The summed E-state index contributed by atoms with van der Waals surface area (Å²) in [4.78, 5) is 4.30. The third kappa shape index (κ3) is 6.57. The number of azo groups is 1. The van der Waals surface area contributed by atoms with Crippen LogP contribution in [0.5, 0.6) is 5.75 Å². The molecule has 1 atom stereocenters. The summed E-state index contributed by atoms with van der Waals surface area (Å²) in [5, 5.41) is 23.0. The van der Waals surface area contributed by atoms with Gasteiger partial charge in [0.2, 0.25) is 0 Å². The quantitative estimate of drug-likeness (QED) is 0.0532. The minimum atomic E-state index is -4.29. The molecule has 3 aromatic carbocycles. The second-order valence-electron chi connectivity index (χ2n) is 6.11. The Morgan fingerprint density at radius 1 is 1.12 bits per heavy atom. The molecule has 0 saturated heterocycles. The first-order valence-corrected chi connectivity index (χ1v) is 11.9. The minimum absolute atomic E-state index is 0. The number of anilines is 1. The maximum atomic E-state index is 12.6. The maximum Gasteiger partial charge on any atom is 0.299 e. The summed E-state index contributed by atoms with van der Waals surface area (Å²) < 4.78 is 56.4. The molecule has 34 heavy (non-hydrogen) atoms. The molecule has 0 aliphatic heterocycles. The normalized spacial score (nSPS) is 12.7. The fourth-order valence-electron chi connectivity index (χ4n) is 2.73. The summed E-state index contributed by atoms with van der Waals surface area (Å²) in [5.41, 5.74) is 5.96. The monoisotopic (exact) mass is 603 g/mol. The number of benzene rings is 3. The molecule has 179 valence electrons. The molecule has 1 unspecified atom stereocenters. The molecule has 0 amide bonds. The van der Waals surface area contributed by atoms with Crippen LogP contribution >= 0.6 is 12.0 Å². The van der Waals surface area contributed by atoms with Crippen molar-refractivity contribution in [1.82, 2.24) is 0 Å². The van der Waals surface area contributed by atoms with Gasteiger partial charge in [-0.2, -0.15) is 13.5 Å². The number of nitrogens with two attached hydrogens (primary N) is 1. The average molecular weight is 603 g/mol. The Morgan fingerprint density at radius 3 is 2.38 bits per heavy atom. The van der Waals surface area contributed by atoms with Crippen molar-refractivity contribution in [2.75, 3.05) is 20.0 Å². The molecule has 0 heterocycles. The molecule has 0 saturated carbocycles. The van der Waals surface area contributed by atoms with E-state index in [1.165, 1.54) is 49.6 Å². The molecule has 0 aromatic heterocycles. The topological polar surface area (TPSA) is 182 Å². The Bertz CT molecular complexity index is 1340. The molecule has 0 bridgehead atoms. The van der Waals surface area contributed by atoms with Crippen molar-refractivity contribution in [3.63, 3.8) is 0 Å². The standard InChI is InChI=1S/C18H17N3O9S3.Y/c1-27-29-30-31-12-7-10-8-15(33(25,26)28-2)18(17(19)16(10)14(22)9-12)21-20-11-3-5-13(6-4-11)32(23)24;/h3-9,22H,19H2,1-2H3,(H,23,24);/p-1. The summed E-state index contributed by atoms with van der Waals surface area (Å²) in [6.07, 6.45) is 0. The van der Waals surface area contributed by atoms with Crippen molar-refractivity contribution in [1.29, 1.82) is 0 Å². The van der Waals surface area contributed by atoms with Crippen LogP contribution in [0.2, 0.25) is 0 Å². The molecule has 1 radical (unpaired) electrons. The van der Waals surface area contributed by atoms with Gasteiger partial charge in [-0.15, -0.1) is 9.45 Å². The van der Waals surface area contributed by atoms with Gasteiger partial charge in [-0.1, -0.05) is 5.04 Å². The SMILES string of the molecule is COOOSc1cc(O)c2c(N)c(N=Nc3ccc(S(=O)[O-])cc3)c(S(=O)(=O)OC)cc2c1.[Y]. The first kappa shape index (κ1) is 28.7. The molecule has 0 spiro atoms. The van der Waals surface area contributed by atoms with Gasteiger partial charge in [0.1, 0.15) is 16.3 Å². The Hall–Kier alpha value is -1.53. The molecular formula is C18H16N3O9S3Y-. The molecule has 3 aromatic rings. The van der Waals surface area contributed by atoms with E-state index in [1.54, 1.807) is 0 Å². The van der Waals surface area contributed by atoms with E-state index in [2.05, 4.69) is 24.3 Å². The summed E-state index contributed by atoms with van der Waals surface area (Å²) in [7, 11) is -2.09. The van der Waals surface area contributed by atoms with Crippen LogP contribution in [0.3, 0.4) is 0 Å². The van der Waals surface area contributed by atoms with Crippen molar-refractivity contribution < 1.29 is 73.4 Å². The number of hydrogen-bond donors (Lipinski definition) is 2. The Kier molecular flexibility index (Phi) is 10.5. The van der Waals surface area contributed by atoms with Crippen molar-refractivity contribution in [2.45, 2.75) is 14.7 Å². The van der Waals surface area contributed by atoms with E-state index in [4.69, 9.17) is 10.1 Å². The van der Waals surface area contributed by atoms with Crippen LogP contribution in [0.15, 0.2) is 67.4 Å². The number of aromatic hydroxyl groups is 1. The van der Waals surface area contributed by atoms with E-state index in [0.29, 0.717) is 16.9 Å². The summed E-state index contributed by atoms with van der Waals surface area (Å²) in [5.74, 6) is -0.284. The number of phenols is 1. The van der Waals surface area contributed by atoms with Crippen LogP contribution in [-0.4, -0.2) is 36.5 Å². The van der Waals surface area contributed by atoms with Gasteiger partial charge < -0.3 is 15.4 Å². The fourth-order valence-corrected chi connectivity index (χ4v) is 4.43. The van der Waals surface area contributed by atoms with Crippen LogP contribution in [-0.2, 0) is 72.4 Å². The van der Waals surface area contributed by atoms with Crippen LogP contribution in [0.25, 0.3) is 10.8 Å². The number of fused-ring (bicyclic) bond motifs is 1. The van der Waals surface area contributed by atoms with Gasteiger partial charge in [0.15, 0.2) is 0 Å². The van der Waals surface area contributed by atoms with Gasteiger partial charge in [-0.05, 0) is 58.9 Å². The van der Waals surface area contributed by atoms with E-state index >= 15 is 0 Å². The molecule has 3 N–H and O–H groups in total. The molecule has 0 aliphatic rings. The summed E-state index contributed by atoms with van der Waals surface area (Å²) >= 11 is -1.71. The van der Waals surface area contributed by atoms with Gasteiger partial charge >= 0.3 is 0 Å². The fraction of sp³-hybridized carbons (Fsp3) is 0.111. The molecule has 12 nitrogen and oxygen atoms in total. The van der Waals surface area contributed by atoms with Crippen LogP contribution in [0, 0.1) is 0 Å². The van der Waals surface area contributed by atoms with Gasteiger partial charge in [-0.25, -0.2) is 4.89 Å². The number of phenolic OH excluding ortho intramolecular Hbond substituents is 1. The Morgan fingerprint density at radius 2 is 1.79 bits per heavy atom. The second kappa shape index (κ2) is 12.4. The van der Waals surface area contributed by atoms with Crippen molar-refractivity contribution in [3.05, 3.63) is 42.5 Å². The number of nitrogens with zero attached hydrogens (tertiary/aromatic N) is 2. The molecule has 3 rings (SSSR count). The van der Waals surface area contributed by atoms with Crippen LogP contribution < -0.4 is 5.73 Å². The molecule has 16 heteroatoms. The molecule has 0 aliphatic carbocycles. The Labute approximate surface area is 226 Å². The van der Waals surface area contributed by atoms with Crippen LogP contribution in [0.1, 0.15) is 0 Å². The zero-order chi connectivity index (χ0) is 24.2. The molecule has 0 fully saturated rings. The zero-order valence-electron chi connectivity index (χ0n) is 17.5. The van der Waals surface area contributed by atoms with E-state index in [9.17, 15) is 22.3 Å². The summed E-state index contributed by atoms with van der Waals surface area (Å²) in [6.45, 7) is 0. The van der Waals surface area contributed by atoms with Gasteiger partial charge in [0.05, 0.1) is 37.6 Å². The number of nitrogen functional groups attached to an aromatic ring is 1. The van der Waals surface area contributed by atoms with Crippen molar-refractivity contribution in [3.8, 4) is 5.75 Å². The maximum absolute atomic E-state index is 12.6. The van der Waals surface area contributed by atoms with Crippen molar-refractivity contribution >= 4 is 61.1 Å². The third-order valence-corrected chi connectivity index (χ3v) is 6.67. The van der Waals surface area contributed by atoms with E-state index in [1.807, 2.05) is 0 Å². The van der Waals surface area contributed by atoms with E-state index in [-0.39, 0.29) is 71.2 Å². The molecular weight excluding hydrogens is 587 g/mol. The predicted octanol–water partition coefficient (Wildman–Crippen LogP) is 3.63. The third-order valence-electron chi connectivity index (χ3n) is 4.18. The van der Waals surface area contributed by atoms with Gasteiger partial charge in [0.25, 0.3) is 10.1 Å². The Balaban J connectivity index is 0.00000408. The minimum Gasteiger partial charge on any atom is -0.768 e. The van der Waals surface area contributed by atoms with Crippen LogP contribution in [0.4, 0.5) is 17.1 Å². The summed E-state index contributed by atoms with van der Waals surface area (Å²) in [6, 6.07) is 9.37. The van der Waals surface area contributed by atoms with Gasteiger partial charge in [-0.3, -0.25) is 8.39 Å². The number of hydrogen-bond acceptors (Lipinski definition) is 13. The first-order valence-electron chi connectivity index (χ1n) is 8.73. The second-order valence-corrected chi connectivity index (χ2v) is 9.51. The zero-order valence-corrected chi connectivity index (χ0v) is 22.8. The predicted molar refractivity (Wildman–Crippen MR) is 117 cm³/mol. The van der Waals surface area contributed by atoms with E-state index < -0.39 is 26.1 Å². The number of rotatable bonds is 9. The van der Waals surface area contributed by atoms with Gasteiger partial charge in [0, 0.05) is 47.9 Å². The smallest absolute Gasteiger partial charge is 0.299 e. The largest absolute Gasteiger partial charge is 0.768 e. The average Bonchev–Trinajstić information content (AvgIpc) is 2.78. The first-order chi connectivity index (χ1) is 15.7. The van der Waals surface area contributed by atoms with Crippen molar-refractivity contribution in [2.24, 2.45) is 10.2 Å². The van der Waals surface area contributed by atoms with E-state index in [0.717, 1.165) is 7.11 Å².